The second-order valence-electron chi connectivity index (χ2n) is 7.21. The van der Waals surface area contributed by atoms with Gasteiger partial charge in [-0.1, -0.05) is 20.8 Å². The van der Waals surface area contributed by atoms with Crippen molar-refractivity contribution in [2.45, 2.75) is 46.1 Å². The molecule has 0 bridgehead atoms. The van der Waals surface area contributed by atoms with Crippen LogP contribution in [0, 0.1) is 5.41 Å². The topological polar surface area (TPSA) is 60.2 Å². The predicted octanol–water partition coefficient (Wildman–Crippen LogP) is 3.02. The van der Waals surface area contributed by atoms with E-state index in [0.717, 1.165) is 36.8 Å². The Morgan fingerprint density at radius 1 is 1.42 bits per heavy atom. The lowest BCUT2D eigenvalue weighted by Crippen LogP contribution is -2.44. The van der Waals surface area contributed by atoms with Crippen molar-refractivity contribution < 1.29 is 9.53 Å². The number of hydrogen-bond acceptors (Lipinski definition) is 4. The maximum Gasteiger partial charge on any atom is 0.259 e. The van der Waals surface area contributed by atoms with Gasteiger partial charge in [0.25, 0.3) is 5.91 Å². The minimum Gasteiger partial charge on any atom is -0.495 e. The molecular formula is C18H26N4O2. The fraction of sp³-hybridized carbons (Fsp3) is 0.611. The molecule has 0 aromatic carbocycles. The molecule has 0 saturated carbocycles. The van der Waals surface area contributed by atoms with Gasteiger partial charge in [-0.2, -0.15) is 5.10 Å². The first-order valence-corrected chi connectivity index (χ1v) is 8.56. The molecule has 0 radical (unpaired) electrons. The van der Waals surface area contributed by atoms with Crippen LogP contribution in [-0.4, -0.2) is 45.3 Å². The number of aromatic nitrogens is 3. The lowest BCUT2D eigenvalue weighted by molar-refractivity contribution is 0.0592. The van der Waals surface area contributed by atoms with Crippen molar-refractivity contribution in [2.24, 2.45) is 12.5 Å². The molecule has 1 aliphatic rings. The second-order valence-corrected chi connectivity index (χ2v) is 7.21. The third kappa shape index (κ3) is 2.54. The number of rotatable bonds is 4. The lowest BCUT2D eigenvalue weighted by atomic mass is 9.80. The fourth-order valence-electron chi connectivity index (χ4n) is 3.66. The summed E-state index contributed by atoms with van der Waals surface area (Å²) in [7, 11) is 3.42. The summed E-state index contributed by atoms with van der Waals surface area (Å²) >= 11 is 0. The number of hydrogen-bond donors (Lipinski definition) is 0. The Morgan fingerprint density at radius 2 is 2.17 bits per heavy atom. The quantitative estimate of drug-likeness (QED) is 0.864. The van der Waals surface area contributed by atoms with E-state index in [9.17, 15) is 4.79 Å². The number of ether oxygens (including phenoxy) is 1. The van der Waals surface area contributed by atoms with Gasteiger partial charge in [0.1, 0.15) is 11.3 Å². The van der Waals surface area contributed by atoms with E-state index in [1.807, 2.05) is 11.9 Å². The normalized spacial score (nSPS) is 18.4. The predicted molar refractivity (Wildman–Crippen MR) is 93.2 cm³/mol. The Hall–Kier alpha value is -2.11. The largest absolute Gasteiger partial charge is 0.495 e. The molecule has 6 nitrogen and oxygen atoms in total. The summed E-state index contributed by atoms with van der Waals surface area (Å²) in [4.78, 5) is 19.7. The highest BCUT2D eigenvalue weighted by atomic mass is 16.5. The smallest absolute Gasteiger partial charge is 0.259 e. The van der Waals surface area contributed by atoms with E-state index >= 15 is 0 Å². The van der Waals surface area contributed by atoms with Gasteiger partial charge in [0.05, 0.1) is 18.7 Å². The van der Waals surface area contributed by atoms with Gasteiger partial charge in [-0.05, 0) is 24.7 Å². The molecule has 3 heterocycles. The molecule has 0 aliphatic carbocycles. The number of fused-ring (bicyclic) bond motifs is 1. The molecule has 0 unspecified atom stereocenters. The molecule has 3 rings (SSSR count). The Balaban J connectivity index is 2.02. The Kier molecular flexibility index (Phi) is 4.24. The SMILES string of the molecule is CCC(C)(C)[C@H]1CCCN1C(=O)c1cnc2c(cnn2C)c1OC. The van der Waals surface area contributed by atoms with Crippen molar-refractivity contribution in [3.63, 3.8) is 0 Å². The van der Waals surface area contributed by atoms with Gasteiger partial charge in [0.2, 0.25) is 0 Å². The van der Waals surface area contributed by atoms with Crippen molar-refractivity contribution in [1.82, 2.24) is 19.7 Å². The van der Waals surface area contributed by atoms with Crippen molar-refractivity contribution in [1.29, 1.82) is 0 Å². The first kappa shape index (κ1) is 16.7. The fourth-order valence-corrected chi connectivity index (χ4v) is 3.66. The zero-order valence-corrected chi connectivity index (χ0v) is 15.2. The monoisotopic (exact) mass is 330 g/mol. The molecule has 1 aliphatic heterocycles. The van der Waals surface area contributed by atoms with E-state index in [2.05, 4.69) is 30.9 Å². The van der Waals surface area contributed by atoms with Gasteiger partial charge < -0.3 is 9.64 Å². The van der Waals surface area contributed by atoms with Crippen LogP contribution in [0.2, 0.25) is 0 Å². The van der Waals surface area contributed by atoms with E-state index in [1.165, 1.54) is 0 Å². The zero-order chi connectivity index (χ0) is 17.5. The third-order valence-electron chi connectivity index (χ3n) is 5.47. The molecule has 1 fully saturated rings. The van der Waals surface area contributed by atoms with E-state index in [1.54, 1.807) is 24.2 Å². The lowest BCUT2D eigenvalue weighted by Gasteiger charge is -2.37. The summed E-state index contributed by atoms with van der Waals surface area (Å²) in [5.74, 6) is 0.576. The summed E-state index contributed by atoms with van der Waals surface area (Å²) < 4.78 is 7.24. The zero-order valence-electron chi connectivity index (χ0n) is 15.2. The van der Waals surface area contributed by atoms with Gasteiger partial charge >= 0.3 is 0 Å². The molecule has 2 aromatic heterocycles. The molecule has 130 valence electrons. The molecule has 1 atom stereocenters. The number of methoxy groups -OCH3 is 1. The van der Waals surface area contributed by atoms with Gasteiger partial charge in [0, 0.05) is 25.8 Å². The van der Waals surface area contributed by atoms with E-state index in [0.29, 0.717) is 11.3 Å². The maximum absolute atomic E-state index is 13.2. The average Bonchev–Trinajstić information content (AvgIpc) is 3.21. The summed E-state index contributed by atoms with van der Waals surface area (Å²) in [6.07, 6.45) is 6.47. The van der Waals surface area contributed by atoms with E-state index < -0.39 is 0 Å². The van der Waals surface area contributed by atoms with Gasteiger partial charge in [-0.3, -0.25) is 9.48 Å². The molecule has 0 spiro atoms. The van der Waals surface area contributed by atoms with Gasteiger partial charge in [0.15, 0.2) is 5.65 Å². The Morgan fingerprint density at radius 3 is 2.83 bits per heavy atom. The van der Waals surface area contributed by atoms with Crippen molar-refractivity contribution in [3.8, 4) is 5.75 Å². The van der Waals surface area contributed by atoms with Crippen LogP contribution in [0.25, 0.3) is 11.0 Å². The summed E-state index contributed by atoms with van der Waals surface area (Å²) in [6.45, 7) is 7.46. The molecule has 6 heteroatoms. The Labute approximate surface area is 142 Å². The van der Waals surface area contributed by atoms with Crippen LogP contribution in [0.4, 0.5) is 0 Å². The summed E-state index contributed by atoms with van der Waals surface area (Å²) in [5, 5.41) is 4.99. The minimum atomic E-state index is 0.00845. The molecule has 1 amide bonds. The van der Waals surface area contributed by atoms with E-state index in [4.69, 9.17) is 4.74 Å². The highest BCUT2D eigenvalue weighted by Crippen LogP contribution is 2.38. The van der Waals surface area contributed by atoms with Crippen molar-refractivity contribution in [3.05, 3.63) is 18.0 Å². The highest BCUT2D eigenvalue weighted by Gasteiger charge is 2.39. The molecule has 24 heavy (non-hydrogen) atoms. The van der Waals surface area contributed by atoms with Crippen molar-refractivity contribution >= 4 is 16.9 Å². The molecular weight excluding hydrogens is 304 g/mol. The van der Waals surface area contributed by atoms with E-state index in [-0.39, 0.29) is 17.4 Å². The number of nitrogens with zero attached hydrogens (tertiary/aromatic N) is 4. The first-order valence-electron chi connectivity index (χ1n) is 8.56. The first-order chi connectivity index (χ1) is 11.4. The van der Waals surface area contributed by atoms with Crippen LogP contribution in [0.1, 0.15) is 50.4 Å². The number of carbonyl (C=O) groups is 1. The molecule has 0 N–H and O–H groups in total. The molecule has 1 saturated heterocycles. The van der Waals surface area contributed by atoms with Crippen LogP contribution in [0.5, 0.6) is 5.75 Å². The average molecular weight is 330 g/mol. The minimum absolute atomic E-state index is 0.00845. The van der Waals surface area contributed by atoms with Crippen LogP contribution in [0.15, 0.2) is 12.4 Å². The third-order valence-corrected chi connectivity index (χ3v) is 5.47. The Bertz CT molecular complexity index is 766. The van der Waals surface area contributed by atoms with Crippen LogP contribution < -0.4 is 4.74 Å². The summed E-state index contributed by atoms with van der Waals surface area (Å²) in [5.41, 5.74) is 1.35. The number of aryl methyl sites for hydroxylation is 1. The standard InChI is InChI=1S/C18H26N4O2/c1-6-18(2,3)14-8-7-9-22(14)17(23)13-10-19-16-12(15(13)24-5)11-20-21(16)4/h10-11,14H,6-9H2,1-5H3/t14-/m1/s1. The number of amides is 1. The van der Waals surface area contributed by atoms with Crippen LogP contribution >= 0.6 is 0 Å². The van der Waals surface area contributed by atoms with Gasteiger partial charge in [-0.25, -0.2) is 4.98 Å². The van der Waals surface area contributed by atoms with Crippen molar-refractivity contribution in [2.75, 3.05) is 13.7 Å². The van der Waals surface area contributed by atoms with Crippen LogP contribution in [0.3, 0.4) is 0 Å². The highest BCUT2D eigenvalue weighted by molar-refractivity contribution is 6.02. The maximum atomic E-state index is 13.2. The second kappa shape index (κ2) is 6.07. The summed E-state index contributed by atoms with van der Waals surface area (Å²) in [6, 6.07) is 0.254. The van der Waals surface area contributed by atoms with Crippen LogP contribution in [-0.2, 0) is 7.05 Å². The molecule has 2 aromatic rings. The van der Waals surface area contributed by atoms with Gasteiger partial charge in [-0.15, -0.1) is 0 Å². The number of carbonyl (C=O) groups excluding carboxylic acids is 1. The number of likely N-dealkylation sites (tertiary alicyclic amines) is 1. The number of pyridine rings is 1.